The van der Waals surface area contributed by atoms with Crippen molar-refractivity contribution in [3.05, 3.63) is 16.4 Å². The third kappa shape index (κ3) is 2.33. The number of hydrogen-bond donors (Lipinski definition) is 0. The van der Waals surface area contributed by atoms with Crippen LogP contribution in [0.15, 0.2) is 10.7 Å². The molecule has 0 aliphatic carbocycles. The molecule has 1 rings (SSSR count). The molecule has 0 unspecified atom stereocenters. The molecule has 0 bridgehead atoms. The van der Waals surface area contributed by atoms with Gasteiger partial charge in [-0.2, -0.15) is 5.10 Å². The van der Waals surface area contributed by atoms with Crippen LogP contribution in [0.25, 0.3) is 0 Å². The van der Waals surface area contributed by atoms with Gasteiger partial charge in [-0.25, -0.2) is 0 Å². The van der Waals surface area contributed by atoms with Gasteiger partial charge in [0.25, 0.3) is 0 Å². The molecule has 1 aromatic heterocycles. The van der Waals surface area contributed by atoms with E-state index in [1.807, 2.05) is 17.9 Å². The summed E-state index contributed by atoms with van der Waals surface area (Å²) in [6.07, 6.45) is 3.03. The lowest BCUT2D eigenvalue weighted by Crippen LogP contribution is -1.97. The molecule has 3 heteroatoms. The minimum atomic E-state index is 0.668. The van der Waals surface area contributed by atoms with Crippen molar-refractivity contribution in [2.24, 2.45) is 13.0 Å². The van der Waals surface area contributed by atoms with E-state index in [0.717, 1.165) is 16.6 Å². The van der Waals surface area contributed by atoms with Gasteiger partial charge in [-0.3, -0.25) is 4.68 Å². The van der Waals surface area contributed by atoms with E-state index < -0.39 is 0 Å². The number of rotatable bonds is 2. The van der Waals surface area contributed by atoms with Crippen LogP contribution in [0.5, 0.6) is 0 Å². The molecule has 0 saturated heterocycles. The Morgan fingerprint density at radius 1 is 1.64 bits per heavy atom. The highest BCUT2D eigenvalue weighted by molar-refractivity contribution is 9.10. The summed E-state index contributed by atoms with van der Waals surface area (Å²) in [4.78, 5) is 0. The maximum absolute atomic E-state index is 4.32. The SMILES string of the molecule is CC(C)Cc1nn(C)cc1Br. The third-order valence-corrected chi connectivity index (χ3v) is 2.12. The Hall–Kier alpha value is -0.310. The van der Waals surface area contributed by atoms with Gasteiger partial charge < -0.3 is 0 Å². The highest BCUT2D eigenvalue weighted by atomic mass is 79.9. The molecule has 2 nitrogen and oxygen atoms in total. The Balaban J connectivity index is 2.77. The molecule has 62 valence electrons. The van der Waals surface area contributed by atoms with Crippen molar-refractivity contribution in [1.29, 1.82) is 0 Å². The molecule has 0 aliphatic rings. The van der Waals surface area contributed by atoms with E-state index in [1.54, 1.807) is 0 Å². The van der Waals surface area contributed by atoms with Crippen LogP contribution < -0.4 is 0 Å². The van der Waals surface area contributed by atoms with E-state index in [1.165, 1.54) is 0 Å². The third-order valence-electron chi connectivity index (χ3n) is 1.46. The second kappa shape index (κ2) is 3.39. The normalized spacial score (nSPS) is 11.0. The van der Waals surface area contributed by atoms with Crippen LogP contribution in [-0.4, -0.2) is 9.78 Å². The van der Waals surface area contributed by atoms with Gasteiger partial charge in [0.15, 0.2) is 0 Å². The molecule has 0 amide bonds. The maximum atomic E-state index is 4.32. The Bertz CT molecular complexity index is 240. The molecule has 0 saturated carbocycles. The highest BCUT2D eigenvalue weighted by Crippen LogP contribution is 2.17. The fourth-order valence-electron chi connectivity index (χ4n) is 1.03. The standard InChI is InChI=1S/C8H13BrN2/c1-6(2)4-8-7(9)5-11(3)10-8/h5-6H,4H2,1-3H3. The largest absolute Gasteiger partial charge is 0.274 e. The second-order valence-electron chi connectivity index (χ2n) is 3.20. The van der Waals surface area contributed by atoms with Crippen molar-refractivity contribution in [2.45, 2.75) is 20.3 Å². The van der Waals surface area contributed by atoms with Crippen molar-refractivity contribution in [3.63, 3.8) is 0 Å². The average Bonchev–Trinajstić information content (AvgIpc) is 2.09. The minimum absolute atomic E-state index is 0.668. The predicted octanol–water partition coefficient (Wildman–Crippen LogP) is 2.38. The van der Waals surface area contributed by atoms with E-state index in [4.69, 9.17) is 0 Å². The number of nitrogens with zero attached hydrogens (tertiary/aromatic N) is 2. The number of halogens is 1. The zero-order valence-electron chi connectivity index (χ0n) is 7.13. The monoisotopic (exact) mass is 216 g/mol. The fourth-order valence-corrected chi connectivity index (χ4v) is 1.57. The van der Waals surface area contributed by atoms with E-state index in [2.05, 4.69) is 34.9 Å². The topological polar surface area (TPSA) is 17.8 Å². The summed E-state index contributed by atoms with van der Waals surface area (Å²) in [6.45, 7) is 4.39. The van der Waals surface area contributed by atoms with Gasteiger partial charge in [0.05, 0.1) is 10.2 Å². The summed E-state index contributed by atoms with van der Waals surface area (Å²) in [5.41, 5.74) is 1.16. The van der Waals surface area contributed by atoms with Crippen LogP contribution >= 0.6 is 15.9 Å². The van der Waals surface area contributed by atoms with Crippen LogP contribution in [0.4, 0.5) is 0 Å². The molecular weight excluding hydrogens is 204 g/mol. The first-order valence-corrected chi connectivity index (χ1v) is 4.57. The zero-order valence-corrected chi connectivity index (χ0v) is 8.72. The average molecular weight is 217 g/mol. The van der Waals surface area contributed by atoms with Crippen molar-refractivity contribution in [2.75, 3.05) is 0 Å². The Morgan fingerprint density at radius 2 is 2.27 bits per heavy atom. The van der Waals surface area contributed by atoms with Gasteiger partial charge in [-0.15, -0.1) is 0 Å². The van der Waals surface area contributed by atoms with Crippen LogP contribution in [0.2, 0.25) is 0 Å². The molecule has 1 aromatic rings. The van der Waals surface area contributed by atoms with Crippen molar-refractivity contribution in [3.8, 4) is 0 Å². The van der Waals surface area contributed by atoms with Crippen molar-refractivity contribution >= 4 is 15.9 Å². The number of aromatic nitrogens is 2. The summed E-state index contributed by atoms with van der Waals surface area (Å²) < 4.78 is 2.95. The van der Waals surface area contributed by atoms with Gasteiger partial charge in [0.2, 0.25) is 0 Å². The van der Waals surface area contributed by atoms with Crippen LogP contribution in [0, 0.1) is 5.92 Å². The quantitative estimate of drug-likeness (QED) is 0.743. The summed E-state index contributed by atoms with van der Waals surface area (Å²) in [5.74, 6) is 0.668. The molecule has 11 heavy (non-hydrogen) atoms. The van der Waals surface area contributed by atoms with Crippen molar-refractivity contribution < 1.29 is 0 Å². The first-order valence-electron chi connectivity index (χ1n) is 3.77. The van der Waals surface area contributed by atoms with Crippen LogP contribution in [0.3, 0.4) is 0 Å². The molecule has 0 N–H and O–H groups in total. The second-order valence-corrected chi connectivity index (χ2v) is 4.05. The van der Waals surface area contributed by atoms with Gasteiger partial charge >= 0.3 is 0 Å². The van der Waals surface area contributed by atoms with Crippen LogP contribution in [0.1, 0.15) is 19.5 Å². The molecular formula is C8H13BrN2. The fraction of sp³-hybridized carbons (Fsp3) is 0.625. The van der Waals surface area contributed by atoms with Crippen molar-refractivity contribution in [1.82, 2.24) is 9.78 Å². The first kappa shape index (κ1) is 8.78. The van der Waals surface area contributed by atoms with Gasteiger partial charge in [0, 0.05) is 13.2 Å². The predicted molar refractivity (Wildman–Crippen MR) is 49.5 cm³/mol. The summed E-state index contributed by atoms with van der Waals surface area (Å²) >= 11 is 3.46. The molecule has 0 aromatic carbocycles. The van der Waals surface area contributed by atoms with Crippen LogP contribution in [-0.2, 0) is 13.5 Å². The number of aryl methyl sites for hydroxylation is 1. The van der Waals surface area contributed by atoms with E-state index >= 15 is 0 Å². The summed E-state index contributed by atoms with van der Waals surface area (Å²) in [6, 6.07) is 0. The Kier molecular flexibility index (Phi) is 2.71. The number of hydrogen-bond acceptors (Lipinski definition) is 1. The summed E-state index contributed by atoms with van der Waals surface area (Å²) in [5, 5.41) is 4.32. The molecule has 0 radical (unpaired) electrons. The Labute approximate surface area is 75.7 Å². The molecule has 0 spiro atoms. The minimum Gasteiger partial charge on any atom is -0.274 e. The zero-order chi connectivity index (χ0) is 8.43. The van der Waals surface area contributed by atoms with Gasteiger partial charge in [-0.05, 0) is 28.3 Å². The van der Waals surface area contributed by atoms with E-state index in [-0.39, 0.29) is 0 Å². The maximum Gasteiger partial charge on any atom is 0.0769 e. The molecule has 1 heterocycles. The van der Waals surface area contributed by atoms with Gasteiger partial charge in [-0.1, -0.05) is 13.8 Å². The first-order chi connectivity index (χ1) is 5.09. The van der Waals surface area contributed by atoms with Gasteiger partial charge in [0.1, 0.15) is 0 Å². The smallest absolute Gasteiger partial charge is 0.0769 e. The lowest BCUT2D eigenvalue weighted by Gasteiger charge is -1.99. The lowest BCUT2D eigenvalue weighted by atomic mass is 10.1. The molecule has 0 fully saturated rings. The van der Waals surface area contributed by atoms with E-state index in [9.17, 15) is 0 Å². The summed E-state index contributed by atoms with van der Waals surface area (Å²) in [7, 11) is 1.94. The highest BCUT2D eigenvalue weighted by Gasteiger charge is 2.05. The molecule has 0 aliphatic heterocycles. The lowest BCUT2D eigenvalue weighted by molar-refractivity contribution is 0.619. The molecule has 0 atom stereocenters. The van der Waals surface area contributed by atoms with E-state index in [0.29, 0.717) is 5.92 Å². The Morgan fingerprint density at radius 3 is 2.64 bits per heavy atom.